The summed E-state index contributed by atoms with van der Waals surface area (Å²) < 4.78 is 0. The first kappa shape index (κ1) is 18.4. The highest BCUT2D eigenvalue weighted by molar-refractivity contribution is 7.10. The third kappa shape index (κ3) is 4.95. The summed E-state index contributed by atoms with van der Waals surface area (Å²) in [6.45, 7) is 7.75. The van der Waals surface area contributed by atoms with E-state index in [-0.39, 0.29) is 30.3 Å². The number of nitrogens with one attached hydrogen (secondary N) is 1. The quantitative estimate of drug-likeness (QED) is 0.838. The molecule has 0 fully saturated rings. The van der Waals surface area contributed by atoms with Crippen LogP contribution in [0.1, 0.15) is 30.7 Å². The molecule has 1 aromatic rings. The van der Waals surface area contributed by atoms with Gasteiger partial charge in [0.1, 0.15) is 0 Å². The van der Waals surface area contributed by atoms with E-state index in [9.17, 15) is 4.79 Å². The molecule has 4 nitrogen and oxygen atoms in total. The van der Waals surface area contributed by atoms with Crippen molar-refractivity contribution in [3.8, 4) is 0 Å². The van der Waals surface area contributed by atoms with Gasteiger partial charge in [0.25, 0.3) is 0 Å². The summed E-state index contributed by atoms with van der Waals surface area (Å²) in [6, 6.07) is 1.83. The molecule has 0 saturated carbocycles. The Labute approximate surface area is 137 Å². The monoisotopic (exact) mass is 331 g/mol. The highest BCUT2D eigenvalue weighted by atomic mass is 35.5. The normalized spacial score (nSPS) is 17.5. The van der Waals surface area contributed by atoms with Crippen molar-refractivity contribution in [3.63, 3.8) is 0 Å². The van der Waals surface area contributed by atoms with Crippen molar-refractivity contribution in [1.29, 1.82) is 0 Å². The molecule has 120 valence electrons. The van der Waals surface area contributed by atoms with E-state index in [0.29, 0.717) is 6.54 Å². The van der Waals surface area contributed by atoms with Gasteiger partial charge in [-0.1, -0.05) is 20.3 Å². The molecule has 0 spiro atoms. The maximum atomic E-state index is 11.9. The number of carbonyl (C=O) groups excluding carboxylic acids is 1. The van der Waals surface area contributed by atoms with Crippen LogP contribution in [-0.2, 0) is 17.8 Å². The summed E-state index contributed by atoms with van der Waals surface area (Å²) in [4.78, 5) is 15.8. The number of nitrogens with zero attached hydrogens (tertiary/aromatic N) is 1. The SMILES string of the molecule is CCC(C)C(N)C(=O)NCCN1CCc2sccc2C1.Cl. The molecule has 2 unspecified atom stereocenters. The van der Waals surface area contributed by atoms with E-state index in [1.807, 2.05) is 18.3 Å². The van der Waals surface area contributed by atoms with E-state index in [4.69, 9.17) is 5.73 Å². The summed E-state index contributed by atoms with van der Waals surface area (Å²) in [5.74, 6) is 0.214. The maximum absolute atomic E-state index is 11.9. The molecule has 3 N–H and O–H groups in total. The lowest BCUT2D eigenvalue weighted by molar-refractivity contribution is -0.123. The maximum Gasteiger partial charge on any atom is 0.237 e. The standard InChI is InChI=1S/C15H25N3OS.ClH/c1-3-11(2)14(16)15(19)17-6-8-18-7-4-13-12(10-18)5-9-20-13;/h5,9,11,14H,3-4,6-8,10,16H2,1-2H3,(H,17,19);1H. The summed E-state index contributed by atoms with van der Waals surface area (Å²) in [5, 5.41) is 5.13. The van der Waals surface area contributed by atoms with Gasteiger partial charge in [-0.15, -0.1) is 23.7 Å². The number of halogens is 1. The zero-order chi connectivity index (χ0) is 14.5. The fourth-order valence-electron chi connectivity index (χ4n) is 2.47. The molecule has 0 radical (unpaired) electrons. The molecule has 0 saturated heterocycles. The van der Waals surface area contributed by atoms with Gasteiger partial charge in [0.05, 0.1) is 6.04 Å². The zero-order valence-electron chi connectivity index (χ0n) is 12.8. The van der Waals surface area contributed by atoms with Gasteiger partial charge < -0.3 is 11.1 Å². The topological polar surface area (TPSA) is 58.4 Å². The third-order valence-electron chi connectivity index (χ3n) is 4.17. The number of nitrogens with two attached hydrogens (primary N) is 1. The molecule has 1 aliphatic rings. The fraction of sp³-hybridized carbons (Fsp3) is 0.667. The summed E-state index contributed by atoms with van der Waals surface area (Å²) in [6.07, 6.45) is 2.06. The zero-order valence-corrected chi connectivity index (χ0v) is 14.4. The lowest BCUT2D eigenvalue weighted by Crippen LogP contribution is -2.47. The van der Waals surface area contributed by atoms with Crippen LogP contribution in [0.15, 0.2) is 11.4 Å². The van der Waals surface area contributed by atoms with Crippen LogP contribution in [-0.4, -0.2) is 36.5 Å². The third-order valence-corrected chi connectivity index (χ3v) is 5.20. The molecule has 1 aromatic heterocycles. The predicted octanol–water partition coefficient (Wildman–Crippen LogP) is 2.02. The molecule has 6 heteroatoms. The van der Waals surface area contributed by atoms with Crippen LogP contribution in [0.4, 0.5) is 0 Å². The van der Waals surface area contributed by atoms with E-state index >= 15 is 0 Å². The average Bonchev–Trinajstić information content (AvgIpc) is 2.93. The second-order valence-electron chi connectivity index (χ2n) is 5.60. The van der Waals surface area contributed by atoms with Crippen LogP contribution in [0.25, 0.3) is 0 Å². The van der Waals surface area contributed by atoms with E-state index in [1.165, 1.54) is 10.4 Å². The summed E-state index contributed by atoms with van der Waals surface area (Å²) in [5.41, 5.74) is 7.36. The Morgan fingerprint density at radius 3 is 3.05 bits per heavy atom. The van der Waals surface area contributed by atoms with Gasteiger partial charge in [0.15, 0.2) is 0 Å². The smallest absolute Gasteiger partial charge is 0.237 e. The Bertz CT molecular complexity index is 452. The number of hydrogen-bond donors (Lipinski definition) is 2. The van der Waals surface area contributed by atoms with Crippen molar-refractivity contribution in [2.24, 2.45) is 11.7 Å². The Morgan fingerprint density at radius 1 is 1.57 bits per heavy atom. The van der Waals surface area contributed by atoms with E-state index in [0.717, 1.165) is 32.5 Å². The van der Waals surface area contributed by atoms with Gasteiger partial charge in [-0.05, 0) is 29.3 Å². The van der Waals surface area contributed by atoms with Crippen LogP contribution in [0, 0.1) is 5.92 Å². The highest BCUT2D eigenvalue weighted by Crippen LogP contribution is 2.23. The van der Waals surface area contributed by atoms with E-state index < -0.39 is 0 Å². The number of fused-ring (bicyclic) bond motifs is 1. The summed E-state index contributed by atoms with van der Waals surface area (Å²) >= 11 is 1.85. The lowest BCUT2D eigenvalue weighted by atomic mass is 9.99. The molecule has 0 aromatic carbocycles. The van der Waals surface area contributed by atoms with Crippen LogP contribution >= 0.6 is 23.7 Å². The Morgan fingerprint density at radius 2 is 2.33 bits per heavy atom. The predicted molar refractivity (Wildman–Crippen MR) is 91.0 cm³/mol. The number of rotatable bonds is 6. The minimum absolute atomic E-state index is 0. The van der Waals surface area contributed by atoms with Gasteiger partial charge in [0.2, 0.25) is 5.91 Å². The lowest BCUT2D eigenvalue weighted by Gasteiger charge is -2.27. The molecule has 1 aliphatic heterocycles. The number of amides is 1. The van der Waals surface area contributed by atoms with Gasteiger partial charge >= 0.3 is 0 Å². The molecule has 1 amide bonds. The van der Waals surface area contributed by atoms with Gasteiger partial charge in [-0.25, -0.2) is 0 Å². The Balaban J connectivity index is 0.00000220. The highest BCUT2D eigenvalue weighted by Gasteiger charge is 2.20. The van der Waals surface area contributed by atoms with Crippen molar-refractivity contribution in [2.45, 2.75) is 39.3 Å². The van der Waals surface area contributed by atoms with Crippen molar-refractivity contribution < 1.29 is 4.79 Å². The van der Waals surface area contributed by atoms with E-state index in [1.54, 1.807) is 0 Å². The first-order valence-electron chi connectivity index (χ1n) is 7.42. The van der Waals surface area contributed by atoms with Crippen LogP contribution in [0.5, 0.6) is 0 Å². The average molecular weight is 332 g/mol. The molecule has 0 aliphatic carbocycles. The van der Waals surface area contributed by atoms with Gasteiger partial charge in [-0.2, -0.15) is 0 Å². The molecule has 21 heavy (non-hydrogen) atoms. The molecule has 2 rings (SSSR count). The van der Waals surface area contributed by atoms with Gasteiger partial charge in [-0.3, -0.25) is 9.69 Å². The Hall–Kier alpha value is -0.620. The minimum Gasteiger partial charge on any atom is -0.353 e. The van der Waals surface area contributed by atoms with Crippen LogP contribution in [0.2, 0.25) is 0 Å². The molecular formula is C15H26ClN3OS. The van der Waals surface area contributed by atoms with Gasteiger partial charge in [0, 0.05) is 31.1 Å². The number of thiophene rings is 1. The Kier molecular flexibility index (Phi) is 7.66. The van der Waals surface area contributed by atoms with Crippen LogP contribution < -0.4 is 11.1 Å². The second-order valence-corrected chi connectivity index (χ2v) is 6.60. The molecule has 2 atom stereocenters. The largest absolute Gasteiger partial charge is 0.353 e. The summed E-state index contributed by atoms with van der Waals surface area (Å²) in [7, 11) is 0. The van der Waals surface area contributed by atoms with Crippen LogP contribution in [0.3, 0.4) is 0 Å². The number of carbonyl (C=O) groups is 1. The molecular weight excluding hydrogens is 306 g/mol. The van der Waals surface area contributed by atoms with Crippen molar-refractivity contribution in [2.75, 3.05) is 19.6 Å². The van der Waals surface area contributed by atoms with E-state index in [2.05, 4.69) is 28.6 Å². The van der Waals surface area contributed by atoms with Crippen molar-refractivity contribution in [1.82, 2.24) is 10.2 Å². The second kappa shape index (κ2) is 8.73. The minimum atomic E-state index is -0.384. The number of hydrogen-bond acceptors (Lipinski definition) is 4. The van der Waals surface area contributed by atoms with Crippen molar-refractivity contribution in [3.05, 3.63) is 21.9 Å². The first-order chi connectivity index (χ1) is 9.61. The molecule has 0 bridgehead atoms. The first-order valence-corrected chi connectivity index (χ1v) is 8.30. The van der Waals surface area contributed by atoms with Crippen molar-refractivity contribution >= 4 is 29.7 Å². The molecule has 2 heterocycles. The fourth-order valence-corrected chi connectivity index (χ4v) is 3.35.